The van der Waals surface area contributed by atoms with Crippen LogP contribution in [0.25, 0.3) is 11.3 Å². The van der Waals surface area contributed by atoms with Gasteiger partial charge in [0.05, 0.1) is 36.6 Å². The van der Waals surface area contributed by atoms with Gasteiger partial charge in [-0.15, -0.1) is 0 Å². The molecule has 0 radical (unpaired) electrons. The van der Waals surface area contributed by atoms with Crippen LogP contribution in [0.15, 0.2) is 30.7 Å². The number of hydrogen-bond donors (Lipinski definition) is 1. The second-order valence-corrected chi connectivity index (χ2v) is 8.49. The van der Waals surface area contributed by atoms with Gasteiger partial charge in [0.25, 0.3) is 0 Å². The number of benzene rings is 1. The van der Waals surface area contributed by atoms with E-state index in [-0.39, 0.29) is 24.3 Å². The summed E-state index contributed by atoms with van der Waals surface area (Å²) >= 11 is 0. The van der Waals surface area contributed by atoms with Crippen LogP contribution in [0.4, 0.5) is 4.39 Å². The minimum atomic E-state index is -3.32. The fraction of sp³-hybridized carbons (Fsp3) is 0.438. The average molecular weight is 351 g/mol. The van der Waals surface area contributed by atoms with E-state index in [4.69, 9.17) is 0 Å². The van der Waals surface area contributed by atoms with E-state index in [9.17, 15) is 17.9 Å². The summed E-state index contributed by atoms with van der Waals surface area (Å²) in [5.74, 6) is -0.461. The maximum atomic E-state index is 13.6. The quantitative estimate of drug-likeness (QED) is 0.883. The number of aromatic nitrogens is 2. The summed E-state index contributed by atoms with van der Waals surface area (Å²) < 4.78 is 40.3. The Morgan fingerprint density at radius 3 is 2.88 bits per heavy atom. The predicted molar refractivity (Wildman–Crippen MR) is 86.3 cm³/mol. The highest BCUT2D eigenvalue weighted by molar-refractivity contribution is 7.88. The van der Waals surface area contributed by atoms with Gasteiger partial charge in [-0.1, -0.05) is 6.07 Å². The molecule has 0 spiro atoms. The number of aliphatic hydroxyl groups excluding tert-OH is 1. The molecular weight excluding hydrogens is 333 g/mol. The Hall–Kier alpha value is -1.77. The Labute approximate surface area is 139 Å². The van der Waals surface area contributed by atoms with E-state index >= 15 is 0 Å². The number of rotatable bonds is 2. The number of β-amino-alcohol motifs (C(OH)–C–C–N with tert-alkyl or cyclic N) is 1. The molecule has 0 amide bonds. The Bertz CT molecular complexity index is 896. The third kappa shape index (κ3) is 2.37. The summed E-state index contributed by atoms with van der Waals surface area (Å²) in [5, 5.41) is 10.6. The lowest BCUT2D eigenvalue weighted by Crippen LogP contribution is -2.48. The number of imidazole rings is 1. The van der Waals surface area contributed by atoms with Gasteiger partial charge in [0.2, 0.25) is 10.0 Å². The van der Waals surface area contributed by atoms with Gasteiger partial charge in [0.1, 0.15) is 5.82 Å². The maximum absolute atomic E-state index is 13.6. The molecule has 2 aromatic rings. The lowest BCUT2D eigenvalue weighted by atomic mass is 9.84. The molecule has 0 saturated carbocycles. The molecule has 2 aliphatic rings. The summed E-state index contributed by atoms with van der Waals surface area (Å²) in [6.45, 7) is 0.457. The van der Waals surface area contributed by atoms with Crippen LogP contribution >= 0.6 is 0 Å². The first-order valence-corrected chi connectivity index (χ1v) is 9.66. The number of piperidine rings is 1. The van der Waals surface area contributed by atoms with E-state index in [1.165, 1.54) is 16.4 Å². The van der Waals surface area contributed by atoms with Crippen LogP contribution in [-0.2, 0) is 10.0 Å². The smallest absolute Gasteiger partial charge is 0.211 e. The van der Waals surface area contributed by atoms with Gasteiger partial charge in [-0.25, -0.2) is 17.8 Å². The maximum Gasteiger partial charge on any atom is 0.211 e. The number of halogens is 1. The van der Waals surface area contributed by atoms with Crippen molar-refractivity contribution in [3.8, 4) is 11.3 Å². The largest absolute Gasteiger partial charge is 0.391 e. The van der Waals surface area contributed by atoms with Crippen LogP contribution in [0.2, 0.25) is 0 Å². The van der Waals surface area contributed by atoms with Crippen LogP contribution in [0.1, 0.15) is 18.0 Å². The number of aliphatic hydroxyl groups is 1. The van der Waals surface area contributed by atoms with Crippen molar-refractivity contribution in [1.29, 1.82) is 0 Å². The van der Waals surface area contributed by atoms with Crippen LogP contribution in [0, 0.1) is 11.7 Å². The molecule has 0 aliphatic carbocycles. The van der Waals surface area contributed by atoms with Gasteiger partial charge in [-0.05, 0) is 24.1 Å². The van der Waals surface area contributed by atoms with Crippen molar-refractivity contribution in [3.63, 3.8) is 0 Å². The van der Waals surface area contributed by atoms with Crippen molar-refractivity contribution in [2.75, 3.05) is 19.3 Å². The molecule has 2 aliphatic heterocycles. The molecule has 1 N–H and O–H groups in total. The Kier molecular flexibility index (Phi) is 3.52. The summed E-state index contributed by atoms with van der Waals surface area (Å²) in [7, 11) is -3.32. The van der Waals surface area contributed by atoms with Crippen molar-refractivity contribution < 1.29 is 17.9 Å². The average Bonchev–Trinajstić information content (AvgIpc) is 3.07. The fourth-order valence-corrected chi connectivity index (χ4v) is 4.78. The van der Waals surface area contributed by atoms with Gasteiger partial charge in [-0.2, -0.15) is 4.31 Å². The molecule has 0 bridgehead atoms. The van der Waals surface area contributed by atoms with E-state index in [2.05, 4.69) is 4.98 Å². The molecule has 0 unspecified atom stereocenters. The molecule has 1 fully saturated rings. The molecule has 4 rings (SSSR count). The van der Waals surface area contributed by atoms with Gasteiger partial charge < -0.3 is 9.67 Å². The topological polar surface area (TPSA) is 75.4 Å². The predicted octanol–water partition coefficient (Wildman–Crippen LogP) is 1.23. The minimum Gasteiger partial charge on any atom is -0.391 e. The zero-order chi connectivity index (χ0) is 17.1. The molecule has 24 heavy (non-hydrogen) atoms. The Balaban J connectivity index is 1.71. The summed E-state index contributed by atoms with van der Waals surface area (Å²) in [6.07, 6.45) is 4.28. The van der Waals surface area contributed by atoms with Gasteiger partial charge in [0, 0.05) is 24.6 Å². The van der Waals surface area contributed by atoms with Crippen molar-refractivity contribution >= 4 is 10.0 Å². The standard InChI is InChI=1S/C16H18FN3O3S/c1-24(22,23)19-5-4-12(15(21)8-19)16-11-3-2-10(17)6-13(11)14-7-18-9-20(14)16/h2-3,6-7,9,12,15-16,21H,4-5,8H2,1H3/t12-,15-,16-/m0/s1. The Morgan fingerprint density at radius 1 is 1.38 bits per heavy atom. The third-order valence-electron chi connectivity index (χ3n) is 5.05. The van der Waals surface area contributed by atoms with Crippen LogP contribution in [-0.4, -0.2) is 52.8 Å². The van der Waals surface area contributed by atoms with Gasteiger partial charge >= 0.3 is 0 Å². The highest BCUT2D eigenvalue weighted by Gasteiger charge is 2.41. The van der Waals surface area contributed by atoms with Crippen LogP contribution in [0.5, 0.6) is 0 Å². The van der Waals surface area contributed by atoms with E-state index in [0.717, 1.165) is 23.1 Å². The molecule has 1 aromatic carbocycles. The van der Waals surface area contributed by atoms with E-state index in [0.29, 0.717) is 13.0 Å². The lowest BCUT2D eigenvalue weighted by Gasteiger charge is -2.38. The number of hydrogen-bond acceptors (Lipinski definition) is 4. The highest BCUT2D eigenvalue weighted by atomic mass is 32.2. The number of fused-ring (bicyclic) bond motifs is 3. The second kappa shape index (κ2) is 5.37. The Morgan fingerprint density at radius 2 is 2.17 bits per heavy atom. The molecule has 3 heterocycles. The molecule has 3 atom stereocenters. The second-order valence-electron chi connectivity index (χ2n) is 6.50. The van der Waals surface area contributed by atoms with Crippen molar-refractivity contribution in [2.45, 2.75) is 18.6 Å². The molecule has 128 valence electrons. The molecule has 6 nitrogen and oxygen atoms in total. The highest BCUT2D eigenvalue weighted by Crippen LogP contribution is 2.46. The number of nitrogens with zero attached hydrogens (tertiary/aromatic N) is 3. The normalized spacial score (nSPS) is 27.0. The van der Waals surface area contributed by atoms with E-state index in [1.54, 1.807) is 18.6 Å². The van der Waals surface area contributed by atoms with Crippen molar-refractivity contribution in [3.05, 3.63) is 42.1 Å². The number of sulfonamides is 1. The van der Waals surface area contributed by atoms with Crippen LogP contribution in [0.3, 0.4) is 0 Å². The van der Waals surface area contributed by atoms with Crippen LogP contribution < -0.4 is 0 Å². The van der Waals surface area contributed by atoms with Gasteiger partial charge in [0.15, 0.2) is 0 Å². The molecule has 8 heteroatoms. The van der Waals surface area contributed by atoms with E-state index < -0.39 is 16.1 Å². The SMILES string of the molecule is CS(=O)(=O)N1CC[C@H]([C@@H]2c3ccc(F)cc3-c3cncn32)[C@@H](O)C1. The molecule has 1 aromatic heterocycles. The van der Waals surface area contributed by atoms with E-state index in [1.807, 2.05) is 4.57 Å². The fourth-order valence-electron chi connectivity index (χ4n) is 3.92. The zero-order valence-corrected chi connectivity index (χ0v) is 13.9. The zero-order valence-electron chi connectivity index (χ0n) is 13.1. The molecule has 1 saturated heterocycles. The third-order valence-corrected chi connectivity index (χ3v) is 6.32. The summed E-state index contributed by atoms with van der Waals surface area (Å²) in [4.78, 5) is 4.15. The molecular formula is C16H18FN3O3S. The van der Waals surface area contributed by atoms with Crippen molar-refractivity contribution in [1.82, 2.24) is 13.9 Å². The monoisotopic (exact) mass is 351 g/mol. The minimum absolute atomic E-state index is 0.0839. The first kappa shape index (κ1) is 15.7. The first-order valence-electron chi connectivity index (χ1n) is 7.81. The lowest BCUT2D eigenvalue weighted by molar-refractivity contribution is 0.0345. The first-order chi connectivity index (χ1) is 11.4. The summed E-state index contributed by atoms with van der Waals surface area (Å²) in [6, 6.07) is 4.50. The summed E-state index contributed by atoms with van der Waals surface area (Å²) in [5.41, 5.74) is 2.56. The van der Waals surface area contributed by atoms with Crippen molar-refractivity contribution in [2.24, 2.45) is 5.92 Å². The van der Waals surface area contributed by atoms with Gasteiger partial charge in [-0.3, -0.25) is 0 Å².